The van der Waals surface area contributed by atoms with Crippen LogP contribution in [0.15, 0.2) is 29.0 Å². The molecule has 0 saturated carbocycles. The number of carboxylic acid groups (broad SMARTS) is 1. The summed E-state index contributed by atoms with van der Waals surface area (Å²) in [7, 11) is 0. The third-order valence-electron chi connectivity index (χ3n) is 2.28. The molecule has 2 rings (SSSR count). The fourth-order valence-corrected chi connectivity index (χ4v) is 2.23. The molecule has 0 fully saturated rings. The summed E-state index contributed by atoms with van der Waals surface area (Å²) >= 11 is 1.17. The lowest BCUT2D eigenvalue weighted by Gasteiger charge is -2.17. The molecule has 6 heteroatoms. The maximum Gasteiger partial charge on any atom is 0.347 e. The van der Waals surface area contributed by atoms with Crippen molar-refractivity contribution in [2.75, 3.05) is 11.4 Å². The number of hydrogen-bond acceptors (Lipinski definition) is 5. The predicted octanol–water partition coefficient (Wildman–Crippen LogP) is 2.46. The van der Waals surface area contributed by atoms with Crippen LogP contribution >= 0.6 is 11.3 Å². The van der Waals surface area contributed by atoms with E-state index in [0.717, 1.165) is 12.3 Å². The maximum absolute atomic E-state index is 10.8. The average Bonchev–Trinajstić information content (AvgIpc) is 2.96. The van der Waals surface area contributed by atoms with Gasteiger partial charge in [-0.25, -0.2) is 9.78 Å². The van der Waals surface area contributed by atoms with Gasteiger partial charge >= 0.3 is 5.97 Å². The highest BCUT2D eigenvalue weighted by molar-refractivity contribution is 7.17. The van der Waals surface area contributed by atoms with E-state index in [1.54, 1.807) is 6.26 Å². The minimum atomic E-state index is -0.942. The molecule has 0 amide bonds. The van der Waals surface area contributed by atoms with Gasteiger partial charge < -0.3 is 14.4 Å². The Morgan fingerprint density at radius 1 is 1.65 bits per heavy atom. The monoisotopic (exact) mass is 252 g/mol. The van der Waals surface area contributed by atoms with Crippen molar-refractivity contribution in [3.8, 4) is 0 Å². The predicted molar refractivity (Wildman–Crippen MR) is 64.5 cm³/mol. The number of carboxylic acids is 1. The van der Waals surface area contributed by atoms with E-state index < -0.39 is 5.97 Å². The summed E-state index contributed by atoms with van der Waals surface area (Å²) in [5.41, 5.74) is 0. The first-order chi connectivity index (χ1) is 8.20. The molecule has 0 saturated heterocycles. The summed E-state index contributed by atoms with van der Waals surface area (Å²) in [6, 6.07) is 3.71. The summed E-state index contributed by atoms with van der Waals surface area (Å²) in [5.74, 6) is -0.110. The van der Waals surface area contributed by atoms with Crippen molar-refractivity contribution in [2.24, 2.45) is 0 Å². The molecule has 0 aromatic carbocycles. The van der Waals surface area contributed by atoms with E-state index in [0.29, 0.717) is 11.7 Å². The van der Waals surface area contributed by atoms with Crippen molar-refractivity contribution in [1.82, 2.24) is 4.98 Å². The number of nitrogens with zero attached hydrogens (tertiary/aromatic N) is 2. The highest BCUT2D eigenvalue weighted by atomic mass is 32.1. The molecule has 0 radical (unpaired) electrons. The Labute approximate surface area is 102 Å². The van der Waals surface area contributed by atoms with Crippen molar-refractivity contribution < 1.29 is 14.3 Å². The number of aromatic carboxylic acids is 1. The molecule has 0 bridgehead atoms. The minimum Gasteiger partial charge on any atom is -0.477 e. The molecule has 90 valence electrons. The van der Waals surface area contributed by atoms with Gasteiger partial charge in [0.15, 0.2) is 5.13 Å². The lowest BCUT2D eigenvalue weighted by Crippen LogP contribution is -2.21. The van der Waals surface area contributed by atoms with Crippen molar-refractivity contribution in [2.45, 2.75) is 13.5 Å². The number of hydrogen-bond donors (Lipinski definition) is 1. The molecule has 5 nitrogen and oxygen atoms in total. The van der Waals surface area contributed by atoms with Gasteiger partial charge in [0, 0.05) is 6.54 Å². The lowest BCUT2D eigenvalue weighted by molar-refractivity contribution is 0.0702. The molecule has 0 unspecified atom stereocenters. The molecular formula is C11H12N2O3S. The molecule has 17 heavy (non-hydrogen) atoms. The molecule has 0 aliphatic heterocycles. The van der Waals surface area contributed by atoms with Crippen LogP contribution in [0.2, 0.25) is 0 Å². The normalized spacial score (nSPS) is 10.4. The number of furan rings is 1. The Morgan fingerprint density at radius 2 is 2.47 bits per heavy atom. The molecule has 0 spiro atoms. The molecule has 0 aliphatic carbocycles. The summed E-state index contributed by atoms with van der Waals surface area (Å²) in [4.78, 5) is 17.1. The van der Waals surface area contributed by atoms with Crippen LogP contribution in [0, 0.1) is 0 Å². The average molecular weight is 252 g/mol. The molecule has 0 aliphatic rings. The van der Waals surface area contributed by atoms with Gasteiger partial charge in [0.25, 0.3) is 0 Å². The van der Waals surface area contributed by atoms with Crippen LogP contribution in [-0.4, -0.2) is 22.6 Å². The largest absolute Gasteiger partial charge is 0.477 e. The van der Waals surface area contributed by atoms with Gasteiger partial charge in [0.2, 0.25) is 0 Å². The third-order valence-corrected chi connectivity index (χ3v) is 3.33. The van der Waals surface area contributed by atoms with Crippen molar-refractivity contribution >= 4 is 22.4 Å². The van der Waals surface area contributed by atoms with Crippen LogP contribution < -0.4 is 4.90 Å². The van der Waals surface area contributed by atoms with E-state index >= 15 is 0 Å². The summed E-state index contributed by atoms with van der Waals surface area (Å²) in [6.07, 6.45) is 3.00. The van der Waals surface area contributed by atoms with Crippen molar-refractivity contribution in [3.63, 3.8) is 0 Å². The van der Waals surface area contributed by atoms with Crippen molar-refractivity contribution in [1.29, 1.82) is 0 Å². The Balaban J connectivity index is 2.14. The number of anilines is 1. The third kappa shape index (κ3) is 2.65. The number of aromatic nitrogens is 1. The van der Waals surface area contributed by atoms with E-state index in [1.807, 2.05) is 24.0 Å². The highest BCUT2D eigenvalue weighted by Crippen LogP contribution is 2.23. The molecule has 1 N–H and O–H groups in total. The van der Waals surface area contributed by atoms with Gasteiger partial charge in [-0.05, 0) is 19.1 Å². The Hall–Kier alpha value is -1.82. The quantitative estimate of drug-likeness (QED) is 0.885. The Kier molecular flexibility index (Phi) is 3.43. The highest BCUT2D eigenvalue weighted by Gasteiger charge is 2.14. The van der Waals surface area contributed by atoms with Gasteiger partial charge in [-0.15, -0.1) is 0 Å². The van der Waals surface area contributed by atoms with E-state index in [2.05, 4.69) is 4.98 Å². The van der Waals surface area contributed by atoms with Gasteiger partial charge in [-0.1, -0.05) is 11.3 Å². The summed E-state index contributed by atoms with van der Waals surface area (Å²) < 4.78 is 5.26. The summed E-state index contributed by atoms with van der Waals surface area (Å²) in [6.45, 7) is 3.33. The second kappa shape index (κ2) is 5.01. The molecule has 2 aromatic rings. The maximum atomic E-state index is 10.8. The SMILES string of the molecule is CCN(Cc1ccco1)c1ncc(C(=O)O)s1. The number of carbonyl (C=O) groups is 1. The fourth-order valence-electron chi connectivity index (χ4n) is 1.42. The topological polar surface area (TPSA) is 66.6 Å². The number of thiazole rings is 1. The summed E-state index contributed by atoms with van der Waals surface area (Å²) in [5, 5.41) is 9.54. The minimum absolute atomic E-state index is 0.248. The molecule has 0 atom stereocenters. The molecule has 2 aromatic heterocycles. The Morgan fingerprint density at radius 3 is 3.00 bits per heavy atom. The standard InChI is InChI=1S/C11H12N2O3S/c1-2-13(7-8-4-3-5-16-8)11-12-6-9(17-11)10(14)15/h3-6H,2,7H2,1H3,(H,14,15). The van der Waals surface area contributed by atoms with Crippen LogP contribution in [0.1, 0.15) is 22.4 Å². The fraction of sp³-hybridized carbons (Fsp3) is 0.273. The number of rotatable bonds is 5. The second-order valence-corrected chi connectivity index (χ2v) is 4.41. The van der Waals surface area contributed by atoms with E-state index in [1.165, 1.54) is 17.5 Å². The smallest absolute Gasteiger partial charge is 0.347 e. The zero-order valence-electron chi connectivity index (χ0n) is 9.29. The molecular weight excluding hydrogens is 240 g/mol. The first-order valence-electron chi connectivity index (χ1n) is 5.17. The van der Waals surface area contributed by atoms with E-state index in [-0.39, 0.29) is 4.88 Å². The first kappa shape index (κ1) is 11.7. The first-order valence-corrected chi connectivity index (χ1v) is 5.98. The van der Waals surface area contributed by atoms with Crippen LogP contribution in [0.5, 0.6) is 0 Å². The lowest BCUT2D eigenvalue weighted by atomic mass is 10.4. The Bertz CT molecular complexity index is 493. The van der Waals surface area contributed by atoms with Crippen LogP contribution in [0.3, 0.4) is 0 Å². The zero-order chi connectivity index (χ0) is 12.3. The van der Waals surface area contributed by atoms with E-state index in [4.69, 9.17) is 9.52 Å². The van der Waals surface area contributed by atoms with Gasteiger partial charge in [0.05, 0.1) is 19.0 Å². The van der Waals surface area contributed by atoms with Crippen LogP contribution in [0.4, 0.5) is 5.13 Å². The van der Waals surface area contributed by atoms with Crippen molar-refractivity contribution in [3.05, 3.63) is 35.2 Å². The van der Waals surface area contributed by atoms with Crippen LogP contribution in [0.25, 0.3) is 0 Å². The van der Waals surface area contributed by atoms with Crippen LogP contribution in [-0.2, 0) is 6.54 Å². The van der Waals surface area contributed by atoms with Gasteiger partial charge in [0.1, 0.15) is 10.6 Å². The van der Waals surface area contributed by atoms with Gasteiger partial charge in [-0.3, -0.25) is 0 Å². The van der Waals surface area contributed by atoms with Gasteiger partial charge in [-0.2, -0.15) is 0 Å². The molecule has 2 heterocycles. The zero-order valence-corrected chi connectivity index (χ0v) is 10.1. The second-order valence-electron chi connectivity index (χ2n) is 3.41. The van der Waals surface area contributed by atoms with E-state index in [9.17, 15) is 4.79 Å².